The summed E-state index contributed by atoms with van der Waals surface area (Å²) in [5, 5.41) is 6.24. The van der Waals surface area contributed by atoms with Gasteiger partial charge < -0.3 is 10.6 Å². The van der Waals surface area contributed by atoms with E-state index in [1.807, 2.05) is 57.2 Å². The molecule has 0 aliphatic carbocycles. The Labute approximate surface area is 205 Å². The number of carbonyl (C=O) groups excluding carboxylic acids is 3. The molecule has 7 nitrogen and oxygen atoms in total. The summed E-state index contributed by atoms with van der Waals surface area (Å²) in [6.45, 7) is 5.72. The molecule has 0 radical (unpaired) electrons. The minimum atomic E-state index is -0.899. The molecule has 4 aromatic rings. The van der Waals surface area contributed by atoms with Crippen LogP contribution in [0.3, 0.4) is 0 Å². The van der Waals surface area contributed by atoms with Gasteiger partial charge in [-0.1, -0.05) is 46.3 Å². The Hall–Kier alpha value is -3.91. The van der Waals surface area contributed by atoms with Crippen molar-refractivity contribution in [3.05, 3.63) is 93.6 Å². The van der Waals surface area contributed by atoms with Crippen LogP contribution < -0.4 is 16.1 Å². The van der Waals surface area contributed by atoms with Gasteiger partial charge in [0.2, 0.25) is 0 Å². The summed E-state index contributed by atoms with van der Waals surface area (Å²) in [5.74, 6) is -2.15. The Morgan fingerprint density at radius 2 is 1.47 bits per heavy atom. The van der Waals surface area contributed by atoms with Gasteiger partial charge in [-0.05, 0) is 73.9 Å². The first kappa shape index (κ1) is 23.3. The van der Waals surface area contributed by atoms with E-state index in [-0.39, 0.29) is 5.69 Å². The zero-order valence-corrected chi connectivity index (χ0v) is 20.5. The van der Waals surface area contributed by atoms with E-state index in [1.165, 1.54) is 4.68 Å². The van der Waals surface area contributed by atoms with Gasteiger partial charge in [0.15, 0.2) is 0 Å². The van der Waals surface area contributed by atoms with Gasteiger partial charge in [0.1, 0.15) is 5.69 Å². The molecule has 1 heterocycles. The summed E-state index contributed by atoms with van der Waals surface area (Å²) in [4.78, 5) is 38.6. The molecule has 0 saturated carbocycles. The lowest BCUT2D eigenvalue weighted by Crippen LogP contribution is -2.36. The Morgan fingerprint density at radius 1 is 0.765 bits per heavy atom. The lowest BCUT2D eigenvalue weighted by atomic mass is 10.1. The van der Waals surface area contributed by atoms with E-state index < -0.39 is 17.7 Å². The lowest BCUT2D eigenvalue weighted by Gasteiger charge is -2.14. The number of halogens is 1. The lowest BCUT2D eigenvalue weighted by molar-refractivity contribution is -0.133. The summed E-state index contributed by atoms with van der Waals surface area (Å²) in [7, 11) is 0. The standard InChI is InChI=1S/C26H23BrN4O3/c1-15-8-6-10-21(17(15)3)29-24(32)23-14-18-13-19(27)11-12-22(18)31(23)30-26(34)25(33)28-20-9-5-4-7-16(20)2/h4-14H,1-3H3,(H,28,33)(H,29,32)(H,30,34). The molecule has 172 valence electrons. The first-order valence-corrected chi connectivity index (χ1v) is 11.4. The number of aryl methyl sites for hydroxylation is 2. The van der Waals surface area contributed by atoms with Crippen LogP contribution in [0.1, 0.15) is 27.2 Å². The van der Waals surface area contributed by atoms with Crippen molar-refractivity contribution in [2.24, 2.45) is 0 Å². The zero-order valence-electron chi connectivity index (χ0n) is 18.9. The SMILES string of the molecule is Cc1ccccc1NC(=O)C(=O)Nn1c(C(=O)Nc2cccc(C)c2C)cc2cc(Br)ccc21. The number of hydrogen-bond acceptors (Lipinski definition) is 3. The minimum absolute atomic E-state index is 0.186. The maximum atomic E-state index is 13.2. The van der Waals surface area contributed by atoms with Crippen molar-refractivity contribution in [3.63, 3.8) is 0 Å². The van der Waals surface area contributed by atoms with Crippen LogP contribution in [0.4, 0.5) is 11.4 Å². The summed E-state index contributed by atoms with van der Waals surface area (Å²) in [6, 6.07) is 19.9. The third kappa shape index (κ3) is 4.72. The second kappa shape index (κ2) is 9.52. The van der Waals surface area contributed by atoms with Crippen molar-refractivity contribution in [2.45, 2.75) is 20.8 Å². The number of rotatable bonds is 4. The third-order valence-corrected chi connectivity index (χ3v) is 6.16. The van der Waals surface area contributed by atoms with Crippen molar-refractivity contribution in [3.8, 4) is 0 Å². The van der Waals surface area contributed by atoms with Crippen LogP contribution in [-0.4, -0.2) is 22.4 Å². The molecule has 0 unspecified atom stereocenters. The largest absolute Gasteiger partial charge is 0.328 e. The molecular formula is C26H23BrN4O3. The molecule has 0 aliphatic heterocycles. The Morgan fingerprint density at radius 3 is 2.24 bits per heavy atom. The van der Waals surface area contributed by atoms with E-state index >= 15 is 0 Å². The fraction of sp³-hybridized carbons (Fsp3) is 0.115. The van der Waals surface area contributed by atoms with E-state index in [4.69, 9.17) is 0 Å². The smallest absolute Gasteiger partial charge is 0.320 e. The van der Waals surface area contributed by atoms with Gasteiger partial charge in [0, 0.05) is 21.2 Å². The molecule has 0 saturated heterocycles. The first-order chi connectivity index (χ1) is 16.2. The molecule has 0 atom stereocenters. The highest BCUT2D eigenvalue weighted by molar-refractivity contribution is 9.10. The van der Waals surface area contributed by atoms with Crippen LogP contribution in [0.25, 0.3) is 10.9 Å². The van der Waals surface area contributed by atoms with E-state index in [0.717, 1.165) is 26.5 Å². The van der Waals surface area contributed by atoms with Crippen LogP contribution in [-0.2, 0) is 9.59 Å². The van der Waals surface area contributed by atoms with Gasteiger partial charge in [0.05, 0.1) is 5.52 Å². The van der Waals surface area contributed by atoms with Gasteiger partial charge in [-0.3, -0.25) is 19.8 Å². The highest BCUT2D eigenvalue weighted by Gasteiger charge is 2.22. The number of carbonyl (C=O) groups is 3. The predicted molar refractivity (Wildman–Crippen MR) is 138 cm³/mol. The topological polar surface area (TPSA) is 92.2 Å². The minimum Gasteiger partial charge on any atom is -0.320 e. The average molecular weight is 519 g/mol. The molecule has 34 heavy (non-hydrogen) atoms. The number of nitrogens with one attached hydrogen (secondary N) is 3. The van der Waals surface area contributed by atoms with Gasteiger partial charge >= 0.3 is 11.8 Å². The summed E-state index contributed by atoms with van der Waals surface area (Å²) < 4.78 is 2.16. The molecule has 0 spiro atoms. The Balaban J connectivity index is 1.66. The summed E-state index contributed by atoms with van der Waals surface area (Å²) in [6.07, 6.45) is 0. The van der Waals surface area contributed by atoms with E-state index in [2.05, 4.69) is 32.0 Å². The molecule has 0 aliphatic rings. The second-order valence-electron chi connectivity index (χ2n) is 7.98. The number of aromatic nitrogens is 1. The van der Waals surface area contributed by atoms with Crippen molar-refractivity contribution < 1.29 is 14.4 Å². The number of nitrogens with zero attached hydrogens (tertiary/aromatic N) is 1. The molecule has 1 aromatic heterocycles. The zero-order chi connectivity index (χ0) is 24.4. The molecular weight excluding hydrogens is 496 g/mol. The van der Waals surface area contributed by atoms with Crippen molar-refractivity contribution in [2.75, 3.05) is 16.1 Å². The van der Waals surface area contributed by atoms with Gasteiger partial charge in [0.25, 0.3) is 5.91 Å². The van der Waals surface area contributed by atoms with E-state index in [0.29, 0.717) is 16.9 Å². The van der Waals surface area contributed by atoms with Gasteiger partial charge in [-0.2, -0.15) is 0 Å². The maximum absolute atomic E-state index is 13.2. The average Bonchev–Trinajstić information content (AvgIpc) is 3.15. The van der Waals surface area contributed by atoms with Gasteiger partial charge in [-0.15, -0.1) is 0 Å². The van der Waals surface area contributed by atoms with Crippen LogP contribution >= 0.6 is 15.9 Å². The monoisotopic (exact) mass is 518 g/mol. The predicted octanol–water partition coefficient (Wildman–Crippen LogP) is 5.29. The number of hydrogen-bond donors (Lipinski definition) is 3. The second-order valence-corrected chi connectivity index (χ2v) is 8.90. The molecule has 4 rings (SSSR count). The number of anilines is 2. The Bertz CT molecular complexity index is 1440. The molecule has 0 bridgehead atoms. The quantitative estimate of drug-likeness (QED) is 0.320. The number of benzene rings is 3. The molecule has 0 fully saturated rings. The number of fused-ring (bicyclic) bond motifs is 1. The molecule has 8 heteroatoms. The molecule has 3 amide bonds. The first-order valence-electron chi connectivity index (χ1n) is 10.6. The number of amides is 3. The van der Waals surface area contributed by atoms with Gasteiger partial charge in [-0.25, -0.2) is 4.68 Å². The third-order valence-electron chi connectivity index (χ3n) is 5.66. The fourth-order valence-electron chi connectivity index (χ4n) is 3.59. The van der Waals surface area contributed by atoms with E-state index in [1.54, 1.807) is 30.3 Å². The fourth-order valence-corrected chi connectivity index (χ4v) is 3.97. The molecule has 3 N–H and O–H groups in total. The summed E-state index contributed by atoms with van der Waals surface area (Å²) in [5.41, 5.74) is 7.37. The maximum Gasteiger partial charge on any atom is 0.328 e. The van der Waals surface area contributed by atoms with Crippen molar-refractivity contribution >= 4 is 55.9 Å². The van der Waals surface area contributed by atoms with Crippen LogP contribution in [0.5, 0.6) is 0 Å². The number of para-hydroxylation sites is 1. The highest BCUT2D eigenvalue weighted by Crippen LogP contribution is 2.25. The van der Waals surface area contributed by atoms with Crippen LogP contribution in [0.2, 0.25) is 0 Å². The van der Waals surface area contributed by atoms with Crippen molar-refractivity contribution in [1.29, 1.82) is 0 Å². The Kier molecular flexibility index (Phi) is 6.51. The van der Waals surface area contributed by atoms with Crippen molar-refractivity contribution in [1.82, 2.24) is 4.68 Å². The molecule has 3 aromatic carbocycles. The van der Waals surface area contributed by atoms with Crippen LogP contribution in [0.15, 0.2) is 71.2 Å². The normalized spacial score (nSPS) is 10.7. The summed E-state index contributed by atoms with van der Waals surface area (Å²) >= 11 is 3.43. The highest BCUT2D eigenvalue weighted by atomic mass is 79.9. The van der Waals surface area contributed by atoms with Crippen LogP contribution in [0, 0.1) is 20.8 Å². The van der Waals surface area contributed by atoms with E-state index in [9.17, 15) is 14.4 Å².